The highest BCUT2D eigenvalue weighted by Crippen LogP contribution is 2.18. The van der Waals surface area contributed by atoms with Crippen LogP contribution in [0, 0.1) is 6.92 Å². The van der Waals surface area contributed by atoms with E-state index in [-0.39, 0.29) is 0 Å². The van der Waals surface area contributed by atoms with Gasteiger partial charge in [-0.3, -0.25) is 4.79 Å². The maximum Gasteiger partial charge on any atom is 0.223 e. The zero-order valence-electron chi connectivity index (χ0n) is 13.8. The topological polar surface area (TPSA) is 64.6 Å². The normalized spacial score (nSPS) is 20.6. The van der Waals surface area contributed by atoms with Gasteiger partial charge in [-0.15, -0.1) is 0 Å². The third-order valence-electron chi connectivity index (χ3n) is 4.49. The first-order valence-corrected chi connectivity index (χ1v) is 9.26. The molecule has 0 saturated carbocycles. The Labute approximate surface area is 141 Å². The third kappa shape index (κ3) is 4.62. The first kappa shape index (κ1) is 16.6. The Morgan fingerprint density at radius 1 is 1.17 bits per heavy atom. The summed E-state index contributed by atoms with van der Waals surface area (Å²) in [5, 5.41) is 4.31. The fraction of sp³-hybridized carbons (Fsp3) is 0.800. The lowest BCUT2D eigenvalue weighted by Gasteiger charge is -2.28. The van der Waals surface area contributed by atoms with Gasteiger partial charge in [-0.25, -0.2) is 4.98 Å². The molecular weight excluding hydrogens is 312 g/mol. The van der Waals surface area contributed by atoms with Crippen molar-refractivity contribution in [3.05, 3.63) is 5.82 Å². The van der Waals surface area contributed by atoms with Crippen LogP contribution < -0.4 is 10.2 Å². The van der Waals surface area contributed by atoms with Crippen LogP contribution in [0.4, 0.5) is 5.13 Å². The Morgan fingerprint density at radius 3 is 2.74 bits per heavy atom. The number of hydrogen-bond acceptors (Lipinski definition) is 7. The van der Waals surface area contributed by atoms with E-state index in [1.807, 2.05) is 11.8 Å². The fourth-order valence-corrected chi connectivity index (χ4v) is 3.85. The van der Waals surface area contributed by atoms with Crippen molar-refractivity contribution in [2.24, 2.45) is 0 Å². The molecule has 0 aliphatic carbocycles. The lowest BCUT2D eigenvalue weighted by molar-refractivity contribution is -0.132. The molecule has 23 heavy (non-hydrogen) atoms. The van der Waals surface area contributed by atoms with E-state index < -0.39 is 0 Å². The number of hydrogen-bond donors (Lipinski definition) is 1. The molecule has 0 radical (unpaired) electrons. The number of piperazine rings is 1. The minimum absolute atomic E-state index is 0.298. The highest BCUT2D eigenvalue weighted by Gasteiger charge is 2.20. The summed E-state index contributed by atoms with van der Waals surface area (Å²) in [4.78, 5) is 23.5. The van der Waals surface area contributed by atoms with Crippen LogP contribution in [0.1, 0.15) is 18.7 Å². The molecule has 2 saturated heterocycles. The van der Waals surface area contributed by atoms with E-state index in [1.165, 1.54) is 11.5 Å². The van der Waals surface area contributed by atoms with Gasteiger partial charge in [-0.05, 0) is 19.9 Å². The second-order valence-corrected chi connectivity index (χ2v) is 6.92. The Hall–Kier alpha value is -1.25. The van der Waals surface area contributed by atoms with Gasteiger partial charge in [0.05, 0.1) is 0 Å². The minimum atomic E-state index is 0.298. The van der Waals surface area contributed by atoms with Crippen LogP contribution in [-0.4, -0.2) is 84.0 Å². The monoisotopic (exact) mass is 338 g/mol. The summed E-state index contributed by atoms with van der Waals surface area (Å²) < 4.78 is 4.27. The molecular formula is C15H26N6OS. The first-order valence-electron chi connectivity index (χ1n) is 8.48. The SMILES string of the molecule is Cc1nsc(N2CCCN(CCC(=O)N3CCNCC3)CC2)n1. The summed E-state index contributed by atoms with van der Waals surface area (Å²) in [5.41, 5.74) is 0. The largest absolute Gasteiger partial charge is 0.346 e. The number of anilines is 1. The number of carbonyl (C=O) groups excluding carboxylic acids is 1. The van der Waals surface area contributed by atoms with Gasteiger partial charge < -0.3 is 20.0 Å². The number of nitrogens with zero attached hydrogens (tertiary/aromatic N) is 5. The molecule has 0 atom stereocenters. The van der Waals surface area contributed by atoms with E-state index in [1.54, 1.807) is 0 Å². The van der Waals surface area contributed by atoms with Crippen LogP contribution in [-0.2, 0) is 4.79 Å². The quantitative estimate of drug-likeness (QED) is 0.845. The molecule has 3 rings (SSSR count). The van der Waals surface area contributed by atoms with Crippen LogP contribution in [0.3, 0.4) is 0 Å². The zero-order chi connectivity index (χ0) is 16.1. The molecule has 3 heterocycles. The second kappa shape index (κ2) is 8.03. The zero-order valence-corrected chi connectivity index (χ0v) is 14.6. The predicted molar refractivity (Wildman–Crippen MR) is 92.0 cm³/mol. The molecule has 0 aromatic carbocycles. The molecule has 2 aliphatic heterocycles. The van der Waals surface area contributed by atoms with Crippen LogP contribution in [0.5, 0.6) is 0 Å². The summed E-state index contributed by atoms with van der Waals surface area (Å²) in [6.45, 7) is 10.4. The predicted octanol–water partition coefficient (Wildman–Crippen LogP) is 0.181. The highest BCUT2D eigenvalue weighted by atomic mass is 32.1. The van der Waals surface area contributed by atoms with E-state index >= 15 is 0 Å². The lowest BCUT2D eigenvalue weighted by atomic mass is 10.3. The molecule has 1 aromatic rings. The van der Waals surface area contributed by atoms with Gasteiger partial charge in [0.1, 0.15) is 5.82 Å². The van der Waals surface area contributed by atoms with Gasteiger partial charge in [-0.1, -0.05) is 0 Å². The van der Waals surface area contributed by atoms with Crippen LogP contribution in [0.2, 0.25) is 0 Å². The van der Waals surface area contributed by atoms with E-state index in [0.717, 1.165) is 76.3 Å². The van der Waals surface area contributed by atoms with Crippen molar-refractivity contribution in [3.63, 3.8) is 0 Å². The van der Waals surface area contributed by atoms with Gasteiger partial charge >= 0.3 is 0 Å². The molecule has 1 aromatic heterocycles. The van der Waals surface area contributed by atoms with Crippen molar-refractivity contribution < 1.29 is 4.79 Å². The van der Waals surface area contributed by atoms with Gasteiger partial charge in [-0.2, -0.15) is 4.37 Å². The lowest BCUT2D eigenvalue weighted by Crippen LogP contribution is -2.47. The van der Waals surface area contributed by atoms with Crippen LogP contribution in [0.15, 0.2) is 0 Å². The molecule has 1 amide bonds. The van der Waals surface area contributed by atoms with E-state index in [2.05, 4.69) is 24.5 Å². The molecule has 0 spiro atoms. The number of carbonyl (C=O) groups is 1. The molecule has 0 unspecified atom stereocenters. The van der Waals surface area contributed by atoms with Gasteiger partial charge in [0.2, 0.25) is 11.0 Å². The average molecular weight is 338 g/mol. The van der Waals surface area contributed by atoms with E-state index in [0.29, 0.717) is 12.3 Å². The van der Waals surface area contributed by atoms with Crippen molar-refractivity contribution in [2.45, 2.75) is 19.8 Å². The number of aromatic nitrogens is 2. The number of amides is 1. The highest BCUT2D eigenvalue weighted by molar-refractivity contribution is 7.09. The van der Waals surface area contributed by atoms with Gasteiger partial charge in [0, 0.05) is 70.3 Å². The summed E-state index contributed by atoms with van der Waals surface area (Å²) in [5.74, 6) is 1.15. The molecule has 7 nitrogen and oxygen atoms in total. The van der Waals surface area contributed by atoms with Crippen molar-refractivity contribution in [3.8, 4) is 0 Å². The fourth-order valence-electron chi connectivity index (χ4n) is 3.13. The summed E-state index contributed by atoms with van der Waals surface area (Å²) >= 11 is 1.48. The minimum Gasteiger partial charge on any atom is -0.346 e. The molecule has 2 fully saturated rings. The molecule has 0 bridgehead atoms. The Kier molecular flexibility index (Phi) is 5.80. The number of nitrogens with one attached hydrogen (secondary N) is 1. The first-order chi connectivity index (χ1) is 11.2. The average Bonchev–Trinajstić information content (AvgIpc) is 2.87. The van der Waals surface area contributed by atoms with Crippen molar-refractivity contribution in [1.29, 1.82) is 0 Å². The van der Waals surface area contributed by atoms with Crippen molar-refractivity contribution in [2.75, 3.05) is 63.8 Å². The van der Waals surface area contributed by atoms with E-state index in [9.17, 15) is 4.79 Å². The Morgan fingerprint density at radius 2 is 2.00 bits per heavy atom. The third-order valence-corrected chi connectivity index (χ3v) is 5.36. The molecule has 1 N–H and O–H groups in total. The number of aryl methyl sites for hydroxylation is 1. The maximum absolute atomic E-state index is 12.3. The van der Waals surface area contributed by atoms with Crippen LogP contribution in [0.25, 0.3) is 0 Å². The van der Waals surface area contributed by atoms with Gasteiger partial charge in [0.15, 0.2) is 0 Å². The molecule has 128 valence electrons. The Balaban J connectivity index is 1.44. The number of rotatable bonds is 4. The standard InChI is InChI=1S/C15H26N6OS/c1-13-17-15(23-18-13)21-7-2-6-19(11-12-21)8-3-14(22)20-9-4-16-5-10-20/h16H,2-12H2,1H3. The summed E-state index contributed by atoms with van der Waals surface area (Å²) in [6, 6.07) is 0. The smallest absolute Gasteiger partial charge is 0.223 e. The van der Waals surface area contributed by atoms with Crippen molar-refractivity contribution >= 4 is 22.6 Å². The molecule has 2 aliphatic rings. The van der Waals surface area contributed by atoms with Crippen LogP contribution >= 0.6 is 11.5 Å². The van der Waals surface area contributed by atoms with Gasteiger partial charge in [0.25, 0.3) is 0 Å². The summed E-state index contributed by atoms with van der Waals surface area (Å²) in [6.07, 6.45) is 1.75. The Bertz CT molecular complexity index is 516. The van der Waals surface area contributed by atoms with Crippen molar-refractivity contribution in [1.82, 2.24) is 24.5 Å². The molecule has 8 heteroatoms. The summed E-state index contributed by atoms with van der Waals surface area (Å²) in [7, 11) is 0. The van der Waals surface area contributed by atoms with E-state index in [4.69, 9.17) is 0 Å². The second-order valence-electron chi connectivity index (χ2n) is 6.19. The maximum atomic E-state index is 12.3.